The van der Waals surface area contributed by atoms with Crippen molar-refractivity contribution in [1.29, 1.82) is 0 Å². The summed E-state index contributed by atoms with van der Waals surface area (Å²) in [6.45, 7) is 3.92. The number of hydrogen-bond donors (Lipinski definition) is 0. The molecule has 0 spiro atoms. The monoisotopic (exact) mass is 602 g/mol. The fourth-order valence-electron chi connectivity index (χ4n) is 7.03. The van der Waals surface area contributed by atoms with Crippen LogP contribution < -0.4 is 0 Å². The summed E-state index contributed by atoms with van der Waals surface area (Å²) in [5.41, 5.74) is 14.6. The highest BCUT2D eigenvalue weighted by molar-refractivity contribution is 6.09. The van der Waals surface area contributed by atoms with Gasteiger partial charge in [0.15, 0.2) is 0 Å². The highest BCUT2D eigenvalue weighted by Gasteiger charge is 2.17. The van der Waals surface area contributed by atoms with E-state index in [-0.39, 0.29) is 0 Å². The Bertz CT molecular complexity index is 2620. The van der Waals surface area contributed by atoms with Gasteiger partial charge in [-0.05, 0) is 101 Å². The summed E-state index contributed by atoms with van der Waals surface area (Å²) in [4.78, 5) is 9.73. The number of fused-ring (bicyclic) bond motifs is 6. The molecule has 47 heavy (non-hydrogen) atoms. The average Bonchev–Trinajstić information content (AvgIpc) is 3.64. The molecule has 0 aliphatic heterocycles. The van der Waals surface area contributed by atoms with Gasteiger partial charge in [0, 0.05) is 34.5 Å². The molecule has 4 aromatic heterocycles. The third-order valence-corrected chi connectivity index (χ3v) is 9.13. The van der Waals surface area contributed by atoms with Gasteiger partial charge in [0.2, 0.25) is 0 Å². The number of allylic oxidation sites excluding steroid dienone is 1. The van der Waals surface area contributed by atoms with Gasteiger partial charge in [-0.25, -0.2) is 0 Å². The van der Waals surface area contributed by atoms with E-state index >= 15 is 0 Å². The Morgan fingerprint density at radius 3 is 1.64 bits per heavy atom. The molecule has 4 heterocycles. The SMILES string of the molecule is C=CCc1cccc(-c2ccc3c(c2)c2ncccc2n3-c2cccc(-n3c4ccc(-c5ccccc5)cc4c4ncccc43)c2)c1. The van der Waals surface area contributed by atoms with Crippen molar-refractivity contribution in [2.75, 3.05) is 0 Å². The minimum absolute atomic E-state index is 0.851. The predicted octanol–water partition coefficient (Wildman–Crippen LogP) is 10.7. The Morgan fingerprint density at radius 1 is 0.468 bits per heavy atom. The minimum atomic E-state index is 0.851. The Hall–Kier alpha value is -6.26. The van der Waals surface area contributed by atoms with Crippen molar-refractivity contribution in [2.45, 2.75) is 6.42 Å². The zero-order valence-electron chi connectivity index (χ0n) is 25.7. The van der Waals surface area contributed by atoms with E-state index in [1.807, 2.05) is 30.6 Å². The van der Waals surface area contributed by atoms with Crippen molar-refractivity contribution in [3.05, 3.63) is 170 Å². The maximum Gasteiger partial charge on any atom is 0.0963 e. The topological polar surface area (TPSA) is 35.6 Å². The standard InChI is InChI=1S/C43H30N4/c1-2-10-29-11-6-14-31(25-29)33-20-22-39-37(27-33)43-41(18-9-24-45-43)47(39)35-16-7-15-34(28-35)46-38-21-19-32(30-12-4-3-5-13-30)26-36(38)42-40(46)17-8-23-44-42/h2-9,11-28H,1,10H2. The summed E-state index contributed by atoms with van der Waals surface area (Å²) in [6.07, 6.45) is 6.57. The molecule has 9 rings (SSSR count). The second kappa shape index (κ2) is 11.0. The van der Waals surface area contributed by atoms with Crippen LogP contribution in [-0.4, -0.2) is 19.1 Å². The smallest absolute Gasteiger partial charge is 0.0963 e. The Labute approximate surface area is 272 Å². The third kappa shape index (κ3) is 4.45. The molecule has 5 aromatic carbocycles. The fraction of sp³-hybridized carbons (Fsp3) is 0.0233. The summed E-state index contributed by atoms with van der Waals surface area (Å²) in [5, 5.41) is 2.27. The van der Waals surface area contributed by atoms with E-state index in [1.165, 1.54) is 27.8 Å². The van der Waals surface area contributed by atoms with Crippen LogP contribution in [-0.2, 0) is 6.42 Å². The third-order valence-electron chi connectivity index (χ3n) is 9.13. The molecular weight excluding hydrogens is 573 g/mol. The second-order valence-electron chi connectivity index (χ2n) is 12.0. The molecule has 0 amide bonds. The Balaban J connectivity index is 1.22. The summed E-state index contributed by atoms with van der Waals surface area (Å²) < 4.78 is 4.66. The predicted molar refractivity (Wildman–Crippen MR) is 195 cm³/mol. The number of hydrogen-bond acceptors (Lipinski definition) is 2. The molecule has 4 nitrogen and oxygen atoms in total. The first kappa shape index (κ1) is 27.1. The van der Waals surface area contributed by atoms with Crippen LogP contribution in [0.25, 0.3) is 77.5 Å². The first-order valence-electron chi connectivity index (χ1n) is 15.9. The summed E-state index contributed by atoms with van der Waals surface area (Å²) in [5.74, 6) is 0. The summed E-state index contributed by atoms with van der Waals surface area (Å²) in [7, 11) is 0. The maximum absolute atomic E-state index is 4.88. The lowest BCUT2D eigenvalue weighted by Crippen LogP contribution is -1.98. The molecular formula is C43H30N4. The van der Waals surface area contributed by atoms with Gasteiger partial charge in [0.25, 0.3) is 0 Å². The zero-order valence-corrected chi connectivity index (χ0v) is 25.7. The van der Waals surface area contributed by atoms with Crippen molar-refractivity contribution in [3.8, 4) is 33.6 Å². The van der Waals surface area contributed by atoms with Gasteiger partial charge in [-0.3, -0.25) is 9.97 Å². The van der Waals surface area contributed by atoms with E-state index in [9.17, 15) is 0 Å². The molecule has 0 saturated heterocycles. The normalized spacial score (nSPS) is 11.6. The molecule has 0 unspecified atom stereocenters. The van der Waals surface area contributed by atoms with Crippen LogP contribution in [0.4, 0.5) is 0 Å². The number of pyridine rings is 2. The molecule has 0 fully saturated rings. The number of rotatable bonds is 6. The van der Waals surface area contributed by atoms with Crippen molar-refractivity contribution in [1.82, 2.24) is 19.1 Å². The van der Waals surface area contributed by atoms with Crippen LogP contribution in [0.2, 0.25) is 0 Å². The first-order chi connectivity index (χ1) is 23.3. The zero-order chi connectivity index (χ0) is 31.3. The lowest BCUT2D eigenvalue weighted by Gasteiger charge is -2.13. The Kier molecular flexibility index (Phi) is 6.32. The molecule has 0 aliphatic rings. The van der Waals surface area contributed by atoms with Crippen molar-refractivity contribution >= 4 is 43.9 Å². The van der Waals surface area contributed by atoms with Crippen LogP contribution in [0.3, 0.4) is 0 Å². The quantitative estimate of drug-likeness (QED) is 0.178. The fourth-order valence-corrected chi connectivity index (χ4v) is 7.03. The molecule has 0 aliphatic carbocycles. The Morgan fingerprint density at radius 2 is 1.02 bits per heavy atom. The van der Waals surface area contributed by atoms with Gasteiger partial charge >= 0.3 is 0 Å². The maximum atomic E-state index is 4.88. The molecule has 0 radical (unpaired) electrons. The minimum Gasteiger partial charge on any atom is -0.308 e. The summed E-state index contributed by atoms with van der Waals surface area (Å²) >= 11 is 0. The average molecular weight is 603 g/mol. The molecule has 9 aromatic rings. The van der Waals surface area contributed by atoms with Gasteiger partial charge in [-0.15, -0.1) is 6.58 Å². The molecule has 222 valence electrons. The number of nitrogens with zero attached hydrogens (tertiary/aromatic N) is 4. The van der Waals surface area contributed by atoms with Gasteiger partial charge in [-0.1, -0.05) is 78.9 Å². The largest absolute Gasteiger partial charge is 0.308 e. The van der Waals surface area contributed by atoms with Crippen LogP contribution in [0.15, 0.2) is 165 Å². The van der Waals surface area contributed by atoms with Crippen molar-refractivity contribution in [3.63, 3.8) is 0 Å². The van der Waals surface area contributed by atoms with Gasteiger partial charge in [0.05, 0.1) is 33.1 Å². The molecule has 4 heteroatoms. The van der Waals surface area contributed by atoms with Crippen LogP contribution in [0.5, 0.6) is 0 Å². The van der Waals surface area contributed by atoms with Crippen LogP contribution in [0.1, 0.15) is 5.56 Å². The lowest BCUT2D eigenvalue weighted by atomic mass is 10.0. The highest BCUT2D eigenvalue weighted by Crippen LogP contribution is 2.37. The highest BCUT2D eigenvalue weighted by atomic mass is 15.0. The lowest BCUT2D eigenvalue weighted by molar-refractivity contribution is 1.13. The van der Waals surface area contributed by atoms with E-state index in [0.29, 0.717) is 0 Å². The van der Waals surface area contributed by atoms with Gasteiger partial charge < -0.3 is 9.13 Å². The second-order valence-corrected chi connectivity index (χ2v) is 12.0. The molecule has 0 atom stereocenters. The molecule has 0 saturated carbocycles. The van der Waals surface area contributed by atoms with E-state index in [1.54, 1.807) is 0 Å². The van der Waals surface area contributed by atoms with Gasteiger partial charge in [-0.2, -0.15) is 0 Å². The van der Waals surface area contributed by atoms with Gasteiger partial charge in [0.1, 0.15) is 0 Å². The van der Waals surface area contributed by atoms with Crippen molar-refractivity contribution in [2.24, 2.45) is 0 Å². The molecule has 0 bridgehead atoms. The number of benzene rings is 5. The van der Waals surface area contributed by atoms with Crippen LogP contribution in [0, 0.1) is 0 Å². The van der Waals surface area contributed by atoms with Crippen LogP contribution >= 0.6 is 0 Å². The summed E-state index contributed by atoms with van der Waals surface area (Å²) in [6, 6.07) is 49.8. The van der Waals surface area contributed by atoms with E-state index in [0.717, 1.165) is 61.7 Å². The molecule has 0 N–H and O–H groups in total. The number of aromatic nitrogens is 4. The van der Waals surface area contributed by atoms with E-state index < -0.39 is 0 Å². The van der Waals surface area contributed by atoms with E-state index in [2.05, 4.69) is 143 Å². The first-order valence-corrected chi connectivity index (χ1v) is 15.9. The van der Waals surface area contributed by atoms with Crippen molar-refractivity contribution < 1.29 is 0 Å². The van der Waals surface area contributed by atoms with E-state index in [4.69, 9.17) is 9.97 Å².